The fourth-order valence-corrected chi connectivity index (χ4v) is 6.66. The number of furan rings is 2. The Hall–Kier alpha value is -3.75. The summed E-state index contributed by atoms with van der Waals surface area (Å²) in [6.07, 6.45) is 3.32. The van der Waals surface area contributed by atoms with Gasteiger partial charge in [0, 0.05) is 5.56 Å². The quantitative estimate of drug-likeness (QED) is 0.301. The molecule has 0 aliphatic rings. The molecule has 2 aromatic heterocycles. The molecule has 2 heterocycles. The maximum atomic E-state index is 11.7. The molecule has 0 aliphatic heterocycles. The van der Waals surface area contributed by atoms with Crippen molar-refractivity contribution in [1.82, 2.24) is 0 Å². The molecule has 0 saturated heterocycles. The number of hydrogen-bond donors (Lipinski definition) is 0. The Balaban J connectivity index is 1.87. The molecule has 4 aromatic rings. The van der Waals surface area contributed by atoms with E-state index < -0.39 is 8.07 Å². The Labute approximate surface area is 169 Å². The maximum Gasteiger partial charge on any atom is 0.337 e. The summed E-state index contributed by atoms with van der Waals surface area (Å²) in [5.74, 6) is 2.91. The molecule has 0 fully saturated rings. The van der Waals surface area contributed by atoms with E-state index in [0.717, 1.165) is 21.5 Å². The predicted molar refractivity (Wildman–Crippen MR) is 113 cm³/mol. The largest absolute Gasteiger partial charge is 0.472 e. The van der Waals surface area contributed by atoms with E-state index in [-0.39, 0.29) is 5.97 Å². The molecule has 0 unspecified atom stereocenters. The van der Waals surface area contributed by atoms with E-state index in [1.807, 2.05) is 54.6 Å². The zero-order valence-corrected chi connectivity index (χ0v) is 16.8. The lowest BCUT2D eigenvalue weighted by atomic mass is 10.1. The van der Waals surface area contributed by atoms with E-state index >= 15 is 0 Å². The lowest BCUT2D eigenvalue weighted by Gasteiger charge is -2.22. The van der Waals surface area contributed by atoms with E-state index in [2.05, 4.69) is 23.6 Å². The number of carbonyl (C=O) groups excluding carboxylic acids is 1. The van der Waals surface area contributed by atoms with Crippen molar-refractivity contribution in [1.29, 1.82) is 0 Å². The molecule has 5 heteroatoms. The second kappa shape index (κ2) is 8.09. The van der Waals surface area contributed by atoms with Gasteiger partial charge in [-0.25, -0.2) is 4.79 Å². The molecule has 0 bridgehead atoms. The van der Waals surface area contributed by atoms with Crippen LogP contribution in [0.4, 0.5) is 0 Å². The van der Waals surface area contributed by atoms with Gasteiger partial charge in [0.15, 0.2) is 0 Å². The Bertz CT molecular complexity index is 1100. The van der Waals surface area contributed by atoms with Crippen LogP contribution in [0.3, 0.4) is 0 Å². The molecule has 29 heavy (non-hydrogen) atoms. The van der Waals surface area contributed by atoms with Gasteiger partial charge in [-0.2, -0.15) is 0 Å². The van der Waals surface area contributed by atoms with Crippen molar-refractivity contribution in [3.63, 3.8) is 0 Å². The highest BCUT2D eigenvalue weighted by atomic mass is 28.3. The van der Waals surface area contributed by atoms with Gasteiger partial charge in [-0.3, -0.25) is 0 Å². The molecule has 0 N–H and O–H groups in total. The van der Waals surface area contributed by atoms with Crippen molar-refractivity contribution >= 4 is 30.0 Å². The van der Waals surface area contributed by atoms with E-state index in [9.17, 15) is 4.79 Å². The molecule has 4 rings (SSSR count). The molecule has 0 amide bonds. The fourth-order valence-electron chi connectivity index (χ4n) is 3.25. The smallest absolute Gasteiger partial charge is 0.337 e. The van der Waals surface area contributed by atoms with Crippen molar-refractivity contribution in [3.8, 4) is 11.5 Å². The molecule has 142 valence electrons. The molecular weight excluding hydrogens is 380 g/mol. The summed E-state index contributed by atoms with van der Waals surface area (Å²) in [6.45, 7) is 0. The number of esters is 1. The molecule has 0 radical (unpaired) electrons. The number of carbonyl (C=O) groups is 1. The Morgan fingerprint density at radius 1 is 0.828 bits per heavy atom. The van der Waals surface area contributed by atoms with Crippen LogP contribution in [-0.4, -0.2) is 21.2 Å². The second-order valence-electron chi connectivity index (χ2n) is 6.39. The maximum absolute atomic E-state index is 11.7. The summed E-state index contributed by atoms with van der Waals surface area (Å²) in [7, 11) is -1.47. The molecule has 0 atom stereocenters. The number of hydrogen-bond acceptors (Lipinski definition) is 4. The zero-order chi connectivity index (χ0) is 20.1. The van der Waals surface area contributed by atoms with Crippen molar-refractivity contribution in [2.75, 3.05) is 7.11 Å². The highest BCUT2D eigenvalue weighted by Crippen LogP contribution is 2.10. The first-order chi connectivity index (χ1) is 14.2. The first-order valence-corrected chi connectivity index (χ1v) is 11.1. The SMILES string of the molecule is COC(=O)c1ccc(C#C[Si](c2ccccc2)(c2ccco2)c2ccco2)cc1. The van der Waals surface area contributed by atoms with Crippen LogP contribution in [0.15, 0.2) is 100 Å². The fraction of sp³-hybridized carbons (Fsp3) is 0.0417. The van der Waals surface area contributed by atoms with Crippen LogP contribution < -0.4 is 16.0 Å². The lowest BCUT2D eigenvalue weighted by molar-refractivity contribution is 0.0600. The van der Waals surface area contributed by atoms with Crippen LogP contribution >= 0.6 is 0 Å². The first-order valence-electron chi connectivity index (χ1n) is 9.09. The predicted octanol–water partition coefficient (Wildman–Crippen LogP) is 2.72. The Morgan fingerprint density at radius 3 is 1.97 bits per heavy atom. The number of benzene rings is 2. The minimum atomic E-state index is -2.83. The van der Waals surface area contributed by atoms with Gasteiger partial charge in [-0.05, 0) is 53.7 Å². The van der Waals surface area contributed by atoms with Crippen LogP contribution in [0.25, 0.3) is 0 Å². The van der Waals surface area contributed by atoms with E-state index in [1.54, 1.807) is 24.7 Å². The molecule has 0 spiro atoms. The molecule has 4 nitrogen and oxygen atoms in total. The van der Waals surface area contributed by atoms with Crippen molar-refractivity contribution in [2.24, 2.45) is 0 Å². The molecule has 0 saturated carbocycles. The van der Waals surface area contributed by atoms with Gasteiger partial charge in [-0.15, -0.1) is 5.54 Å². The molecular formula is C24H18O4Si. The first kappa shape index (κ1) is 18.6. The van der Waals surface area contributed by atoms with Gasteiger partial charge < -0.3 is 13.6 Å². The normalized spacial score (nSPS) is 10.8. The average molecular weight is 398 g/mol. The monoisotopic (exact) mass is 398 g/mol. The van der Waals surface area contributed by atoms with Crippen molar-refractivity contribution in [2.45, 2.75) is 0 Å². The number of rotatable bonds is 4. The van der Waals surface area contributed by atoms with Gasteiger partial charge in [0.05, 0.1) is 25.2 Å². The van der Waals surface area contributed by atoms with Gasteiger partial charge in [-0.1, -0.05) is 36.3 Å². The zero-order valence-electron chi connectivity index (χ0n) is 15.8. The molecule has 2 aromatic carbocycles. The summed E-state index contributed by atoms with van der Waals surface area (Å²) in [6, 6.07) is 24.8. The van der Waals surface area contributed by atoms with Crippen LogP contribution in [0.1, 0.15) is 15.9 Å². The summed E-state index contributed by atoms with van der Waals surface area (Å²) in [5.41, 5.74) is 4.80. The van der Waals surface area contributed by atoms with Crippen LogP contribution in [-0.2, 0) is 4.74 Å². The van der Waals surface area contributed by atoms with Crippen molar-refractivity contribution in [3.05, 3.63) is 103 Å². The third kappa shape index (κ3) is 3.54. The van der Waals surface area contributed by atoms with Gasteiger partial charge in [0.2, 0.25) is 0 Å². The third-order valence-electron chi connectivity index (χ3n) is 4.69. The summed E-state index contributed by atoms with van der Waals surface area (Å²) in [4.78, 5) is 11.7. The number of ether oxygens (including phenoxy) is 1. The van der Waals surface area contributed by atoms with Crippen LogP contribution in [0.5, 0.6) is 0 Å². The van der Waals surface area contributed by atoms with E-state index in [4.69, 9.17) is 13.6 Å². The standard InChI is InChI=1S/C24H18O4Si/c1-26-24(25)20-13-11-19(12-14-20)15-18-29(22-9-5-16-27-22,23-10-6-17-28-23)21-7-3-2-4-8-21/h2-14,16-17H,1H3. The average Bonchev–Trinajstić information content (AvgIpc) is 3.50. The van der Waals surface area contributed by atoms with Gasteiger partial charge in [0.25, 0.3) is 0 Å². The highest BCUT2D eigenvalue weighted by molar-refractivity contribution is 7.15. The number of methoxy groups -OCH3 is 1. The topological polar surface area (TPSA) is 52.6 Å². The summed E-state index contributed by atoms with van der Waals surface area (Å²) < 4.78 is 16.5. The minimum absolute atomic E-state index is 0.372. The third-order valence-corrected chi connectivity index (χ3v) is 8.44. The van der Waals surface area contributed by atoms with Crippen molar-refractivity contribution < 1.29 is 18.4 Å². The summed E-state index contributed by atoms with van der Waals surface area (Å²) in [5, 5.41) is 2.68. The Morgan fingerprint density at radius 2 is 1.45 bits per heavy atom. The summed E-state index contributed by atoms with van der Waals surface area (Å²) >= 11 is 0. The Kier molecular flexibility index (Phi) is 5.19. The van der Waals surface area contributed by atoms with E-state index in [0.29, 0.717) is 5.56 Å². The van der Waals surface area contributed by atoms with Crippen LogP contribution in [0.2, 0.25) is 0 Å². The highest BCUT2D eigenvalue weighted by Gasteiger charge is 2.44. The minimum Gasteiger partial charge on any atom is -0.472 e. The van der Waals surface area contributed by atoms with Gasteiger partial charge in [0.1, 0.15) is 10.8 Å². The van der Waals surface area contributed by atoms with E-state index in [1.165, 1.54) is 7.11 Å². The lowest BCUT2D eigenvalue weighted by Crippen LogP contribution is -2.66. The molecule has 0 aliphatic carbocycles. The van der Waals surface area contributed by atoms with Gasteiger partial charge >= 0.3 is 14.0 Å². The second-order valence-corrected chi connectivity index (χ2v) is 9.70. The van der Waals surface area contributed by atoms with Crippen LogP contribution in [0, 0.1) is 11.5 Å².